The highest BCUT2D eigenvalue weighted by molar-refractivity contribution is 6.31. The average molecular weight is 431 g/mol. The van der Waals surface area contributed by atoms with Crippen LogP contribution in [0.3, 0.4) is 0 Å². The first-order chi connectivity index (χ1) is 14.4. The van der Waals surface area contributed by atoms with Gasteiger partial charge in [0.25, 0.3) is 0 Å². The molecule has 1 amide bonds. The summed E-state index contributed by atoms with van der Waals surface area (Å²) >= 11 is 6.65. The maximum atomic E-state index is 12.0. The van der Waals surface area contributed by atoms with Crippen LogP contribution in [0.1, 0.15) is 47.9 Å². The summed E-state index contributed by atoms with van der Waals surface area (Å²) in [6, 6.07) is 14.1. The van der Waals surface area contributed by atoms with Gasteiger partial charge in [0.2, 0.25) is 0 Å². The molecule has 4 N–H and O–H groups in total. The van der Waals surface area contributed by atoms with Crippen LogP contribution in [0.25, 0.3) is 0 Å². The topological polar surface area (TPSA) is 81.6 Å². The van der Waals surface area contributed by atoms with Gasteiger partial charge in [0.15, 0.2) is 0 Å². The second kappa shape index (κ2) is 10.3. The van der Waals surface area contributed by atoms with Crippen molar-refractivity contribution in [3.8, 4) is 0 Å². The second-order valence-corrected chi connectivity index (χ2v) is 8.64. The monoisotopic (exact) mass is 430 g/mol. The van der Waals surface area contributed by atoms with Crippen molar-refractivity contribution in [2.45, 2.75) is 44.6 Å². The number of nitrogens with one attached hydrogen (secondary N) is 2. The molecule has 2 aromatic rings. The molecule has 30 heavy (non-hydrogen) atoms. The number of piperidine rings is 1. The first-order valence-corrected chi connectivity index (χ1v) is 11.0. The Morgan fingerprint density at radius 3 is 2.80 bits per heavy atom. The summed E-state index contributed by atoms with van der Waals surface area (Å²) in [5.74, 6) is 0.0470. The number of carboxylic acid groups (broad SMARTS) is 1. The fraction of sp³-hybridized carbons (Fsp3) is 0.458. The van der Waals surface area contributed by atoms with Crippen LogP contribution in [-0.2, 0) is 12.0 Å². The SMILES string of the molecule is Cc1cccc(Cc2c(Cl)cccc2C(O)(CCCNC(=O)O)[C@@H]2CCCNC2)c1. The van der Waals surface area contributed by atoms with E-state index in [4.69, 9.17) is 16.7 Å². The zero-order valence-corrected chi connectivity index (χ0v) is 18.2. The molecule has 5 nitrogen and oxygen atoms in total. The number of carbonyl (C=O) groups is 1. The summed E-state index contributed by atoms with van der Waals surface area (Å²) in [6.45, 7) is 4.07. The van der Waals surface area contributed by atoms with Crippen LogP contribution >= 0.6 is 11.6 Å². The van der Waals surface area contributed by atoms with Crippen molar-refractivity contribution in [1.82, 2.24) is 10.6 Å². The Morgan fingerprint density at radius 2 is 2.10 bits per heavy atom. The Kier molecular flexibility index (Phi) is 7.75. The van der Waals surface area contributed by atoms with Gasteiger partial charge in [-0.1, -0.05) is 53.6 Å². The number of hydrogen-bond donors (Lipinski definition) is 4. The molecule has 1 heterocycles. The third kappa shape index (κ3) is 5.54. The summed E-state index contributed by atoms with van der Waals surface area (Å²) in [5.41, 5.74) is 3.08. The normalized spacial score (nSPS) is 18.6. The van der Waals surface area contributed by atoms with Gasteiger partial charge >= 0.3 is 6.09 Å². The molecule has 0 radical (unpaired) electrons. The summed E-state index contributed by atoms with van der Waals surface area (Å²) in [5, 5.41) is 27.4. The minimum Gasteiger partial charge on any atom is -0.465 e. The molecule has 3 rings (SSSR count). The second-order valence-electron chi connectivity index (χ2n) is 8.23. The van der Waals surface area contributed by atoms with Crippen LogP contribution in [0.15, 0.2) is 42.5 Å². The average Bonchev–Trinajstić information content (AvgIpc) is 2.73. The van der Waals surface area contributed by atoms with E-state index < -0.39 is 11.7 Å². The van der Waals surface area contributed by atoms with Crippen LogP contribution in [0, 0.1) is 12.8 Å². The summed E-state index contributed by atoms with van der Waals surface area (Å²) < 4.78 is 0. The quantitative estimate of drug-likeness (QED) is 0.465. The molecule has 6 heteroatoms. The largest absolute Gasteiger partial charge is 0.465 e. The molecule has 162 valence electrons. The summed E-state index contributed by atoms with van der Waals surface area (Å²) in [7, 11) is 0. The van der Waals surface area contributed by atoms with Gasteiger partial charge in [-0.3, -0.25) is 0 Å². The maximum absolute atomic E-state index is 12.0. The number of hydrogen-bond acceptors (Lipinski definition) is 3. The number of amides is 1. The maximum Gasteiger partial charge on any atom is 0.404 e. The van der Waals surface area contributed by atoms with Crippen LogP contribution in [0.5, 0.6) is 0 Å². The third-order valence-electron chi connectivity index (χ3n) is 6.03. The van der Waals surface area contributed by atoms with Crippen molar-refractivity contribution in [2.24, 2.45) is 5.92 Å². The molecule has 1 aliphatic heterocycles. The van der Waals surface area contributed by atoms with Gasteiger partial charge < -0.3 is 20.8 Å². The molecule has 0 bridgehead atoms. The molecule has 0 aliphatic carbocycles. The Morgan fingerprint density at radius 1 is 1.30 bits per heavy atom. The van der Waals surface area contributed by atoms with Crippen molar-refractivity contribution in [3.63, 3.8) is 0 Å². The van der Waals surface area contributed by atoms with Crippen molar-refractivity contribution in [3.05, 3.63) is 69.7 Å². The van der Waals surface area contributed by atoms with Gasteiger partial charge in [-0.05, 0) is 68.3 Å². The van der Waals surface area contributed by atoms with Gasteiger partial charge in [0.1, 0.15) is 0 Å². The van der Waals surface area contributed by atoms with E-state index in [1.54, 1.807) is 0 Å². The van der Waals surface area contributed by atoms with Crippen molar-refractivity contribution in [2.75, 3.05) is 19.6 Å². The standard InChI is InChI=1S/C24H31ClN2O3/c1-17-6-2-7-18(14-17)15-20-21(9-3-10-22(20)25)24(30,11-5-13-27-23(28)29)19-8-4-12-26-16-19/h2-3,6-7,9-10,14,19,26-27,30H,4-5,8,11-13,15-16H2,1H3,(H,28,29)/t19-,24?/m1/s1. The highest BCUT2D eigenvalue weighted by Gasteiger charge is 2.40. The zero-order chi connectivity index (χ0) is 21.6. The number of benzene rings is 2. The summed E-state index contributed by atoms with van der Waals surface area (Å²) in [6.07, 6.45) is 2.56. The van der Waals surface area contributed by atoms with Crippen molar-refractivity contribution in [1.29, 1.82) is 0 Å². The molecule has 2 aromatic carbocycles. The third-order valence-corrected chi connectivity index (χ3v) is 6.39. The fourth-order valence-corrected chi connectivity index (χ4v) is 4.78. The van der Waals surface area contributed by atoms with Gasteiger partial charge in [0, 0.05) is 24.0 Å². The first kappa shape index (κ1) is 22.6. The minimum absolute atomic E-state index is 0.0470. The van der Waals surface area contributed by atoms with E-state index in [0.29, 0.717) is 30.8 Å². The number of aryl methyl sites for hydroxylation is 1. The molecular formula is C24H31ClN2O3. The van der Waals surface area contributed by atoms with Crippen LogP contribution in [0.2, 0.25) is 5.02 Å². The first-order valence-electron chi connectivity index (χ1n) is 10.6. The summed E-state index contributed by atoms with van der Waals surface area (Å²) in [4.78, 5) is 10.8. The van der Waals surface area contributed by atoms with E-state index in [9.17, 15) is 9.90 Å². The van der Waals surface area contributed by atoms with Crippen LogP contribution < -0.4 is 10.6 Å². The van der Waals surface area contributed by atoms with Gasteiger partial charge in [-0.2, -0.15) is 0 Å². The fourth-order valence-electron chi connectivity index (χ4n) is 4.54. The highest BCUT2D eigenvalue weighted by atomic mass is 35.5. The number of rotatable bonds is 8. The van der Waals surface area contributed by atoms with Gasteiger partial charge in [-0.25, -0.2) is 4.79 Å². The molecule has 1 fully saturated rings. The Labute approximate surface area is 183 Å². The smallest absolute Gasteiger partial charge is 0.404 e. The van der Waals surface area contributed by atoms with Gasteiger partial charge in [-0.15, -0.1) is 0 Å². The Balaban J connectivity index is 1.95. The van der Waals surface area contributed by atoms with E-state index in [0.717, 1.165) is 42.6 Å². The lowest BCUT2D eigenvalue weighted by Gasteiger charge is -2.40. The molecule has 2 atom stereocenters. The lowest BCUT2D eigenvalue weighted by Crippen LogP contribution is -2.45. The van der Waals surface area contributed by atoms with Crippen LogP contribution in [0.4, 0.5) is 4.79 Å². The molecule has 0 aromatic heterocycles. The molecular weight excluding hydrogens is 400 g/mol. The molecule has 0 spiro atoms. The van der Waals surface area contributed by atoms with E-state index >= 15 is 0 Å². The van der Waals surface area contributed by atoms with E-state index in [1.165, 1.54) is 5.56 Å². The molecule has 0 saturated carbocycles. The number of aliphatic hydroxyl groups is 1. The highest BCUT2D eigenvalue weighted by Crippen LogP contribution is 2.41. The predicted octanol–water partition coefficient (Wildman–Crippen LogP) is 4.47. The van der Waals surface area contributed by atoms with E-state index in [-0.39, 0.29) is 5.92 Å². The molecule has 1 unspecified atom stereocenters. The van der Waals surface area contributed by atoms with Crippen molar-refractivity contribution >= 4 is 17.7 Å². The lowest BCUT2D eigenvalue weighted by molar-refractivity contribution is -0.0426. The van der Waals surface area contributed by atoms with Gasteiger partial charge in [0.05, 0.1) is 5.60 Å². The van der Waals surface area contributed by atoms with E-state index in [1.807, 2.05) is 24.3 Å². The predicted molar refractivity (Wildman–Crippen MR) is 120 cm³/mol. The lowest BCUT2D eigenvalue weighted by atomic mass is 9.72. The number of halogens is 1. The molecule has 1 aliphatic rings. The molecule has 1 saturated heterocycles. The van der Waals surface area contributed by atoms with Crippen molar-refractivity contribution < 1.29 is 15.0 Å². The van der Waals surface area contributed by atoms with E-state index in [2.05, 4.69) is 35.8 Å². The van der Waals surface area contributed by atoms with Crippen LogP contribution in [-0.4, -0.2) is 35.9 Å². The Hall–Kier alpha value is -2.08. The zero-order valence-electron chi connectivity index (χ0n) is 17.5. The Bertz CT molecular complexity index is 867. The minimum atomic E-state index is -1.07.